The third-order valence-electron chi connectivity index (χ3n) is 6.06. The van der Waals surface area contributed by atoms with Gasteiger partial charge in [0.05, 0.1) is 0 Å². The normalized spacial score (nSPS) is 24.8. The van der Waals surface area contributed by atoms with Crippen molar-refractivity contribution >= 4 is 40.6 Å². The van der Waals surface area contributed by atoms with Crippen molar-refractivity contribution < 1.29 is 19.2 Å². The van der Waals surface area contributed by atoms with Crippen molar-refractivity contribution in [3.63, 3.8) is 0 Å². The van der Waals surface area contributed by atoms with Gasteiger partial charge in [-0.3, -0.25) is 19.7 Å². The van der Waals surface area contributed by atoms with Crippen LogP contribution in [0.25, 0.3) is 10.9 Å². The molecule has 2 unspecified atom stereocenters. The van der Waals surface area contributed by atoms with Gasteiger partial charge in [0, 0.05) is 54.1 Å². The predicted octanol–water partition coefficient (Wildman–Crippen LogP) is 0.954. The lowest BCUT2D eigenvalue weighted by Gasteiger charge is -2.29. The molecule has 3 amide bonds. The molecule has 8 nitrogen and oxygen atoms in total. The first-order valence-electron chi connectivity index (χ1n) is 9.54. The standard InChI is InChI=1S/C20H20N4O4/c25-10-11-5-6-23(8-11)12-1-2-13-14-9-24(16-3-4-17(26)22-19(16)27)20(28)18(14)21-15(13)7-12/h1-2,7,10-11,16,21H,3-6,8-9H2,(H,22,26,27). The third-order valence-corrected chi connectivity index (χ3v) is 6.06. The highest BCUT2D eigenvalue weighted by Crippen LogP contribution is 2.35. The van der Waals surface area contributed by atoms with E-state index in [9.17, 15) is 19.2 Å². The molecule has 2 fully saturated rings. The van der Waals surface area contributed by atoms with Gasteiger partial charge in [0.25, 0.3) is 5.91 Å². The van der Waals surface area contributed by atoms with Crippen LogP contribution in [0, 0.1) is 5.92 Å². The van der Waals surface area contributed by atoms with Crippen molar-refractivity contribution in [3.8, 4) is 0 Å². The van der Waals surface area contributed by atoms with Crippen LogP contribution < -0.4 is 10.2 Å². The minimum atomic E-state index is -0.606. The number of aromatic amines is 1. The number of anilines is 1. The lowest BCUT2D eigenvalue weighted by atomic mass is 10.0. The topological polar surface area (TPSA) is 103 Å². The van der Waals surface area contributed by atoms with Crippen molar-refractivity contribution in [1.29, 1.82) is 0 Å². The lowest BCUT2D eigenvalue weighted by Crippen LogP contribution is -2.52. The van der Waals surface area contributed by atoms with Crippen LogP contribution in [-0.4, -0.2) is 53.0 Å². The van der Waals surface area contributed by atoms with Gasteiger partial charge in [-0.05, 0) is 25.0 Å². The van der Waals surface area contributed by atoms with Crippen LogP contribution in [0.5, 0.6) is 0 Å². The first-order chi connectivity index (χ1) is 13.5. The molecule has 0 radical (unpaired) electrons. The number of hydrogen-bond donors (Lipinski definition) is 2. The minimum absolute atomic E-state index is 0.0769. The molecule has 0 bridgehead atoms. The highest BCUT2D eigenvalue weighted by Gasteiger charge is 2.40. The zero-order valence-electron chi connectivity index (χ0n) is 15.2. The molecule has 2 saturated heterocycles. The van der Waals surface area contributed by atoms with Gasteiger partial charge in [0.1, 0.15) is 18.0 Å². The highest BCUT2D eigenvalue weighted by atomic mass is 16.2. The Kier molecular flexibility index (Phi) is 3.75. The Morgan fingerprint density at radius 3 is 2.75 bits per heavy atom. The van der Waals surface area contributed by atoms with Gasteiger partial charge in [-0.25, -0.2) is 0 Å². The minimum Gasteiger partial charge on any atom is -0.371 e. The summed E-state index contributed by atoms with van der Waals surface area (Å²) in [5.41, 5.74) is 3.33. The molecule has 144 valence electrons. The lowest BCUT2D eigenvalue weighted by molar-refractivity contribution is -0.136. The predicted molar refractivity (Wildman–Crippen MR) is 101 cm³/mol. The molecule has 3 aliphatic rings. The van der Waals surface area contributed by atoms with Crippen LogP contribution >= 0.6 is 0 Å². The number of carbonyl (C=O) groups excluding carboxylic acids is 4. The summed E-state index contributed by atoms with van der Waals surface area (Å²) in [5.74, 6) is -0.819. The molecule has 1 aromatic carbocycles. The van der Waals surface area contributed by atoms with Gasteiger partial charge in [0.15, 0.2) is 0 Å². The van der Waals surface area contributed by atoms with Gasteiger partial charge in [-0.1, -0.05) is 6.07 Å². The number of nitrogens with zero attached hydrogens (tertiary/aromatic N) is 2. The fourth-order valence-corrected chi connectivity index (χ4v) is 4.54. The fraction of sp³-hybridized carbons (Fsp3) is 0.400. The number of rotatable bonds is 3. The number of hydrogen-bond acceptors (Lipinski definition) is 5. The van der Waals surface area contributed by atoms with E-state index in [1.807, 2.05) is 18.2 Å². The SMILES string of the molecule is O=CC1CCN(c2ccc3c4c([nH]c3c2)C(=O)N(C2CCC(=O)NC2=O)C4)C1. The Balaban J connectivity index is 1.42. The number of aldehydes is 1. The number of benzene rings is 1. The molecule has 0 spiro atoms. The number of carbonyl (C=O) groups is 4. The second-order valence-corrected chi connectivity index (χ2v) is 7.74. The maximum Gasteiger partial charge on any atom is 0.271 e. The first kappa shape index (κ1) is 17.0. The molecular weight excluding hydrogens is 360 g/mol. The van der Waals surface area contributed by atoms with Gasteiger partial charge in [0.2, 0.25) is 11.8 Å². The van der Waals surface area contributed by atoms with E-state index in [1.165, 1.54) is 0 Å². The van der Waals surface area contributed by atoms with E-state index in [4.69, 9.17) is 0 Å². The smallest absolute Gasteiger partial charge is 0.271 e. The monoisotopic (exact) mass is 380 g/mol. The number of imide groups is 1. The van der Waals surface area contributed by atoms with Crippen molar-refractivity contribution in [2.45, 2.75) is 31.8 Å². The molecule has 0 aliphatic carbocycles. The van der Waals surface area contributed by atoms with Crippen molar-refractivity contribution in [2.75, 3.05) is 18.0 Å². The van der Waals surface area contributed by atoms with Crippen LogP contribution in [-0.2, 0) is 20.9 Å². The Morgan fingerprint density at radius 2 is 2.00 bits per heavy atom. The Hall–Kier alpha value is -3.16. The van der Waals surface area contributed by atoms with Gasteiger partial charge < -0.3 is 19.6 Å². The number of aromatic nitrogens is 1. The number of piperidine rings is 1. The molecule has 5 rings (SSSR count). The summed E-state index contributed by atoms with van der Waals surface area (Å²) >= 11 is 0. The maximum absolute atomic E-state index is 12.9. The van der Waals surface area contributed by atoms with E-state index in [2.05, 4.69) is 15.2 Å². The average Bonchev–Trinajstić information content (AvgIpc) is 3.37. The van der Waals surface area contributed by atoms with Crippen molar-refractivity contribution in [1.82, 2.24) is 15.2 Å². The fourth-order valence-electron chi connectivity index (χ4n) is 4.54. The quantitative estimate of drug-likeness (QED) is 0.610. The zero-order valence-corrected chi connectivity index (χ0v) is 15.2. The van der Waals surface area contributed by atoms with Crippen LogP contribution in [0.3, 0.4) is 0 Å². The number of fused-ring (bicyclic) bond motifs is 3. The summed E-state index contributed by atoms with van der Waals surface area (Å²) in [5, 5.41) is 3.28. The molecule has 2 atom stereocenters. The summed E-state index contributed by atoms with van der Waals surface area (Å²) in [7, 11) is 0. The molecule has 2 N–H and O–H groups in total. The molecule has 2 aromatic rings. The average molecular weight is 380 g/mol. The summed E-state index contributed by atoms with van der Waals surface area (Å²) in [6, 6.07) is 5.42. The maximum atomic E-state index is 12.9. The van der Waals surface area contributed by atoms with Crippen molar-refractivity contribution in [3.05, 3.63) is 29.5 Å². The molecule has 3 aliphatic heterocycles. The number of amides is 3. The molecule has 28 heavy (non-hydrogen) atoms. The number of H-pyrrole nitrogens is 1. The van der Waals surface area contributed by atoms with Gasteiger partial charge >= 0.3 is 0 Å². The molecule has 4 heterocycles. The second kappa shape index (κ2) is 6.19. The largest absolute Gasteiger partial charge is 0.371 e. The Morgan fingerprint density at radius 1 is 1.14 bits per heavy atom. The first-order valence-corrected chi connectivity index (χ1v) is 9.54. The summed E-state index contributed by atoms with van der Waals surface area (Å²) in [6.07, 6.45) is 2.48. The zero-order chi connectivity index (χ0) is 19.4. The van der Waals surface area contributed by atoms with Crippen LogP contribution in [0.2, 0.25) is 0 Å². The second-order valence-electron chi connectivity index (χ2n) is 7.74. The van der Waals surface area contributed by atoms with Gasteiger partial charge in [-0.15, -0.1) is 0 Å². The van der Waals surface area contributed by atoms with E-state index >= 15 is 0 Å². The third kappa shape index (κ3) is 2.51. The van der Waals surface area contributed by atoms with Gasteiger partial charge in [-0.2, -0.15) is 0 Å². The molecular formula is C20H20N4O4. The van der Waals surface area contributed by atoms with E-state index in [0.717, 1.165) is 48.0 Å². The van der Waals surface area contributed by atoms with E-state index in [-0.39, 0.29) is 24.2 Å². The van der Waals surface area contributed by atoms with Crippen LogP contribution in [0.4, 0.5) is 5.69 Å². The van der Waals surface area contributed by atoms with Crippen LogP contribution in [0.1, 0.15) is 35.3 Å². The Labute approximate surface area is 160 Å². The Bertz CT molecular complexity index is 1030. The van der Waals surface area contributed by atoms with Crippen molar-refractivity contribution in [2.24, 2.45) is 5.92 Å². The number of nitrogens with one attached hydrogen (secondary N) is 2. The highest BCUT2D eigenvalue weighted by molar-refractivity contribution is 6.08. The summed E-state index contributed by atoms with van der Waals surface area (Å²) < 4.78 is 0. The molecule has 1 aromatic heterocycles. The summed E-state index contributed by atoms with van der Waals surface area (Å²) in [4.78, 5) is 54.4. The molecule has 0 saturated carbocycles. The van der Waals surface area contributed by atoms with E-state index in [0.29, 0.717) is 18.7 Å². The summed E-state index contributed by atoms with van der Waals surface area (Å²) in [6.45, 7) is 1.92. The van der Waals surface area contributed by atoms with E-state index in [1.54, 1.807) is 4.90 Å². The van der Waals surface area contributed by atoms with Crippen LogP contribution in [0.15, 0.2) is 18.2 Å². The van der Waals surface area contributed by atoms with E-state index < -0.39 is 11.9 Å². The molecule has 8 heteroatoms.